The van der Waals surface area contributed by atoms with Crippen LogP contribution in [0.2, 0.25) is 0 Å². The second-order valence-corrected chi connectivity index (χ2v) is 7.49. The van der Waals surface area contributed by atoms with E-state index >= 15 is 0 Å². The van der Waals surface area contributed by atoms with Crippen molar-refractivity contribution in [3.63, 3.8) is 0 Å². The average molecular weight is 317 g/mol. The predicted octanol–water partition coefficient (Wildman–Crippen LogP) is 1.76. The smallest absolute Gasteiger partial charge is 0.243 e. The molecule has 0 saturated carbocycles. The lowest BCUT2D eigenvalue weighted by molar-refractivity contribution is 0.0465. The molecule has 1 unspecified atom stereocenters. The number of rotatable bonds is 3. The van der Waals surface area contributed by atoms with Gasteiger partial charge in [-0.3, -0.25) is 0 Å². The highest BCUT2D eigenvalue weighted by Crippen LogP contribution is 2.27. The number of halogens is 1. The highest BCUT2D eigenvalue weighted by molar-refractivity contribution is 7.89. The van der Waals surface area contributed by atoms with E-state index in [0.29, 0.717) is 25.8 Å². The van der Waals surface area contributed by atoms with Gasteiger partial charge in [0.25, 0.3) is 0 Å². The molecule has 1 fully saturated rings. The number of methoxy groups -OCH3 is 1. The number of benzene rings is 1. The van der Waals surface area contributed by atoms with E-state index in [4.69, 9.17) is 4.74 Å². The molecule has 2 rings (SSSR count). The third kappa shape index (κ3) is 3.53. The molecule has 0 amide bonds. The van der Waals surface area contributed by atoms with Crippen LogP contribution in [0.1, 0.15) is 26.2 Å². The Bertz CT molecular complexity index is 615. The Morgan fingerprint density at radius 2 is 2.05 bits per heavy atom. The minimum Gasteiger partial charge on any atom is -0.494 e. The van der Waals surface area contributed by atoms with Crippen LogP contribution >= 0.6 is 0 Å². The summed E-state index contributed by atoms with van der Waals surface area (Å²) < 4.78 is 44.9. The summed E-state index contributed by atoms with van der Waals surface area (Å²) in [5.74, 6) is -0.701. The fraction of sp³-hybridized carbons (Fsp3) is 0.571. The maximum atomic E-state index is 13.7. The van der Waals surface area contributed by atoms with Crippen LogP contribution in [-0.4, -0.2) is 43.6 Å². The van der Waals surface area contributed by atoms with Gasteiger partial charge in [0, 0.05) is 13.1 Å². The number of sulfonamides is 1. The molecular weight excluding hydrogens is 297 g/mol. The average Bonchev–Trinajstić information content (AvgIpc) is 2.60. The molecule has 1 saturated heterocycles. The van der Waals surface area contributed by atoms with E-state index in [2.05, 4.69) is 0 Å². The Balaban J connectivity index is 2.27. The van der Waals surface area contributed by atoms with Crippen molar-refractivity contribution in [2.75, 3.05) is 20.2 Å². The van der Waals surface area contributed by atoms with E-state index in [1.165, 1.54) is 23.5 Å². The minimum absolute atomic E-state index is 0.00718. The molecule has 1 aliphatic heterocycles. The number of hydrogen-bond donors (Lipinski definition) is 1. The molecule has 5 nitrogen and oxygen atoms in total. The standard InChI is InChI=1S/C14H20FNO4S/c1-14(17)6-3-8-16(9-7-14)21(18,19)11-4-5-13(20-2)12(15)10-11/h4-5,10,17H,3,6-9H2,1-2H3. The summed E-state index contributed by atoms with van der Waals surface area (Å²) in [6, 6.07) is 3.60. The summed E-state index contributed by atoms with van der Waals surface area (Å²) in [5, 5.41) is 10.0. The van der Waals surface area contributed by atoms with Crippen LogP contribution in [0, 0.1) is 5.82 Å². The first-order valence-corrected chi connectivity index (χ1v) is 8.26. The van der Waals surface area contributed by atoms with Gasteiger partial charge in [-0.1, -0.05) is 0 Å². The molecule has 0 bridgehead atoms. The van der Waals surface area contributed by atoms with Gasteiger partial charge in [-0.25, -0.2) is 12.8 Å². The summed E-state index contributed by atoms with van der Waals surface area (Å²) >= 11 is 0. The zero-order chi connectivity index (χ0) is 15.7. The summed E-state index contributed by atoms with van der Waals surface area (Å²) in [5.41, 5.74) is -0.852. The van der Waals surface area contributed by atoms with Crippen molar-refractivity contribution in [2.45, 2.75) is 36.7 Å². The van der Waals surface area contributed by atoms with Gasteiger partial charge in [0.1, 0.15) is 0 Å². The Kier molecular flexibility index (Phi) is 4.55. The van der Waals surface area contributed by atoms with Gasteiger partial charge in [-0.15, -0.1) is 0 Å². The molecule has 1 atom stereocenters. The lowest BCUT2D eigenvalue weighted by atomic mass is 9.98. The monoisotopic (exact) mass is 317 g/mol. The Hall–Kier alpha value is -1.18. The van der Waals surface area contributed by atoms with Crippen LogP contribution in [-0.2, 0) is 10.0 Å². The van der Waals surface area contributed by atoms with E-state index in [0.717, 1.165) is 6.07 Å². The maximum absolute atomic E-state index is 13.7. The van der Waals surface area contributed by atoms with Gasteiger partial charge in [-0.2, -0.15) is 4.31 Å². The van der Waals surface area contributed by atoms with Crippen molar-refractivity contribution < 1.29 is 22.7 Å². The first kappa shape index (κ1) is 16.2. The van der Waals surface area contributed by atoms with Crippen molar-refractivity contribution in [1.29, 1.82) is 0 Å². The van der Waals surface area contributed by atoms with Crippen LogP contribution in [0.15, 0.2) is 23.1 Å². The van der Waals surface area contributed by atoms with Gasteiger partial charge >= 0.3 is 0 Å². The topological polar surface area (TPSA) is 66.8 Å². The van der Waals surface area contributed by atoms with E-state index < -0.39 is 21.4 Å². The second kappa shape index (κ2) is 5.90. The quantitative estimate of drug-likeness (QED) is 0.922. The Labute approximate surface area is 124 Å². The van der Waals surface area contributed by atoms with Crippen molar-refractivity contribution in [3.8, 4) is 5.75 Å². The highest BCUT2D eigenvalue weighted by Gasteiger charge is 2.31. The largest absolute Gasteiger partial charge is 0.494 e. The summed E-state index contributed by atoms with van der Waals surface area (Å²) in [6.07, 6.45) is 1.49. The van der Waals surface area contributed by atoms with Gasteiger partial charge in [0.2, 0.25) is 10.0 Å². The van der Waals surface area contributed by atoms with Crippen LogP contribution in [0.25, 0.3) is 0 Å². The molecular formula is C14H20FNO4S. The van der Waals surface area contributed by atoms with Crippen LogP contribution < -0.4 is 4.74 Å². The van der Waals surface area contributed by atoms with E-state index in [9.17, 15) is 17.9 Å². The number of hydrogen-bond acceptors (Lipinski definition) is 4. The second-order valence-electron chi connectivity index (χ2n) is 5.55. The van der Waals surface area contributed by atoms with E-state index in [1.807, 2.05) is 0 Å². The molecule has 21 heavy (non-hydrogen) atoms. The van der Waals surface area contributed by atoms with Crippen molar-refractivity contribution >= 4 is 10.0 Å². The highest BCUT2D eigenvalue weighted by atomic mass is 32.2. The Morgan fingerprint density at radius 3 is 2.67 bits per heavy atom. The molecule has 1 N–H and O–H groups in total. The third-order valence-electron chi connectivity index (χ3n) is 3.78. The molecule has 1 aromatic carbocycles. The summed E-state index contributed by atoms with van der Waals surface area (Å²) in [7, 11) is -2.43. The fourth-order valence-electron chi connectivity index (χ4n) is 2.44. The third-order valence-corrected chi connectivity index (χ3v) is 5.68. The number of aliphatic hydroxyl groups is 1. The predicted molar refractivity (Wildman–Crippen MR) is 76.2 cm³/mol. The van der Waals surface area contributed by atoms with Crippen molar-refractivity contribution in [1.82, 2.24) is 4.31 Å². The van der Waals surface area contributed by atoms with E-state index in [-0.39, 0.29) is 17.2 Å². The molecule has 118 valence electrons. The number of nitrogens with zero attached hydrogens (tertiary/aromatic N) is 1. The lowest BCUT2D eigenvalue weighted by Gasteiger charge is -2.22. The van der Waals surface area contributed by atoms with Gasteiger partial charge < -0.3 is 9.84 Å². The zero-order valence-electron chi connectivity index (χ0n) is 12.2. The molecule has 1 aromatic rings. The van der Waals surface area contributed by atoms with Gasteiger partial charge in [-0.05, 0) is 44.4 Å². The zero-order valence-corrected chi connectivity index (χ0v) is 13.0. The maximum Gasteiger partial charge on any atom is 0.243 e. The molecule has 1 heterocycles. The molecule has 0 radical (unpaired) electrons. The molecule has 0 aromatic heterocycles. The molecule has 0 aliphatic carbocycles. The fourth-order valence-corrected chi connectivity index (χ4v) is 3.93. The minimum atomic E-state index is -3.76. The number of ether oxygens (including phenoxy) is 1. The normalized spacial score (nSPS) is 24.6. The van der Waals surface area contributed by atoms with Gasteiger partial charge in [0.15, 0.2) is 11.6 Å². The molecule has 1 aliphatic rings. The SMILES string of the molecule is COc1ccc(S(=O)(=O)N2CCCC(C)(O)CC2)cc1F. The van der Waals surface area contributed by atoms with Crippen LogP contribution in [0.5, 0.6) is 5.75 Å². The first-order chi connectivity index (χ1) is 9.76. The van der Waals surface area contributed by atoms with E-state index in [1.54, 1.807) is 6.92 Å². The molecule has 7 heteroatoms. The first-order valence-electron chi connectivity index (χ1n) is 6.82. The van der Waals surface area contributed by atoms with Crippen molar-refractivity contribution in [2.24, 2.45) is 0 Å². The van der Waals surface area contributed by atoms with Gasteiger partial charge in [0.05, 0.1) is 17.6 Å². The summed E-state index contributed by atoms with van der Waals surface area (Å²) in [6.45, 7) is 2.26. The molecule has 0 spiro atoms. The lowest BCUT2D eigenvalue weighted by Crippen LogP contribution is -2.33. The van der Waals surface area contributed by atoms with Crippen LogP contribution in [0.4, 0.5) is 4.39 Å². The summed E-state index contributed by atoms with van der Waals surface area (Å²) in [4.78, 5) is -0.0951. The van der Waals surface area contributed by atoms with Crippen LogP contribution in [0.3, 0.4) is 0 Å². The Morgan fingerprint density at radius 1 is 1.33 bits per heavy atom. The van der Waals surface area contributed by atoms with Crippen molar-refractivity contribution in [3.05, 3.63) is 24.0 Å².